The summed E-state index contributed by atoms with van der Waals surface area (Å²) < 4.78 is 12.3. The van der Waals surface area contributed by atoms with Gasteiger partial charge in [0.1, 0.15) is 22.8 Å². The fourth-order valence-electron chi connectivity index (χ4n) is 3.09. The zero-order valence-corrected chi connectivity index (χ0v) is 17.6. The lowest BCUT2D eigenvalue weighted by Gasteiger charge is -2.08. The van der Waals surface area contributed by atoms with Crippen LogP contribution in [0.4, 0.5) is 0 Å². The Balaban J connectivity index is 1.53. The molecular weight excluding hydrogens is 420 g/mol. The van der Waals surface area contributed by atoms with Crippen LogP contribution in [-0.4, -0.2) is 37.9 Å². The molecule has 10 heteroatoms. The third-order valence-corrected chi connectivity index (χ3v) is 4.88. The summed E-state index contributed by atoms with van der Waals surface area (Å²) in [6.07, 6.45) is 0. The maximum absolute atomic E-state index is 12.9. The van der Waals surface area contributed by atoms with Gasteiger partial charge < -0.3 is 14.6 Å². The largest absolute Gasteiger partial charge is 0.494 e. The first kappa shape index (κ1) is 20.5. The first-order valence-electron chi connectivity index (χ1n) is 9.58. The maximum Gasteiger partial charge on any atom is 0.257 e. The summed E-state index contributed by atoms with van der Waals surface area (Å²) in [5.74, 6) is 1.24. The van der Waals surface area contributed by atoms with E-state index in [9.17, 15) is 4.79 Å². The second kappa shape index (κ2) is 8.97. The monoisotopic (exact) mass is 438 g/mol. The molecule has 0 bridgehead atoms. The normalized spacial score (nSPS) is 10.8. The van der Waals surface area contributed by atoms with E-state index in [1.807, 2.05) is 37.3 Å². The molecule has 4 rings (SSSR count). The third kappa shape index (κ3) is 4.26. The zero-order chi connectivity index (χ0) is 21.8. The first-order valence-corrected chi connectivity index (χ1v) is 9.96. The van der Waals surface area contributed by atoms with Crippen LogP contribution in [0.15, 0.2) is 53.1 Å². The summed E-state index contributed by atoms with van der Waals surface area (Å²) in [4.78, 5) is 12.9. The number of aromatic nitrogens is 5. The van der Waals surface area contributed by atoms with Gasteiger partial charge in [-0.1, -0.05) is 35.0 Å². The van der Waals surface area contributed by atoms with Gasteiger partial charge in [0.05, 0.1) is 23.9 Å². The highest BCUT2D eigenvalue weighted by Gasteiger charge is 2.23. The summed E-state index contributed by atoms with van der Waals surface area (Å²) in [7, 11) is 0. The third-order valence-electron chi connectivity index (χ3n) is 4.55. The molecule has 2 aromatic heterocycles. The lowest BCUT2D eigenvalue weighted by Crippen LogP contribution is -2.25. The summed E-state index contributed by atoms with van der Waals surface area (Å²) in [5, 5.41) is 19.1. The molecule has 0 saturated carbocycles. The number of nitrogens with zero attached hydrogens (tertiary/aromatic N) is 5. The van der Waals surface area contributed by atoms with E-state index in [1.165, 1.54) is 0 Å². The molecule has 2 heterocycles. The van der Waals surface area contributed by atoms with E-state index in [1.54, 1.807) is 29.8 Å². The summed E-state index contributed by atoms with van der Waals surface area (Å²) in [6.45, 7) is 4.28. The summed E-state index contributed by atoms with van der Waals surface area (Å²) in [6, 6.07) is 14.5. The number of rotatable bonds is 7. The number of aryl methyl sites for hydroxylation is 1. The van der Waals surface area contributed by atoms with Crippen LogP contribution in [0.3, 0.4) is 0 Å². The van der Waals surface area contributed by atoms with Gasteiger partial charge in [-0.3, -0.25) is 4.79 Å². The van der Waals surface area contributed by atoms with Crippen LogP contribution < -0.4 is 10.1 Å². The van der Waals surface area contributed by atoms with Crippen molar-refractivity contribution in [2.24, 2.45) is 0 Å². The molecule has 0 aliphatic heterocycles. The van der Waals surface area contributed by atoms with E-state index in [-0.39, 0.29) is 12.5 Å². The lowest BCUT2D eigenvalue weighted by atomic mass is 10.1. The van der Waals surface area contributed by atoms with Gasteiger partial charge in [0.2, 0.25) is 0 Å². The van der Waals surface area contributed by atoms with E-state index in [0.29, 0.717) is 40.0 Å². The molecule has 2 aromatic carbocycles. The number of nitrogens with one attached hydrogen (secondary N) is 1. The first-order chi connectivity index (χ1) is 15.1. The van der Waals surface area contributed by atoms with E-state index >= 15 is 0 Å². The van der Waals surface area contributed by atoms with Crippen molar-refractivity contribution in [1.29, 1.82) is 0 Å². The average molecular weight is 439 g/mol. The predicted octanol–water partition coefficient (Wildman–Crippen LogP) is 3.61. The fraction of sp³-hybridized carbons (Fsp3) is 0.190. The van der Waals surface area contributed by atoms with Crippen molar-refractivity contribution >= 4 is 17.5 Å². The van der Waals surface area contributed by atoms with Crippen molar-refractivity contribution in [2.75, 3.05) is 6.61 Å². The van der Waals surface area contributed by atoms with Crippen LogP contribution >= 0.6 is 11.6 Å². The summed E-state index contributed by atoms with van der Waals surface area (Å²) >= 11 is 6.27. The molecule has 1 N–H and O–H groups in total. The highest BCUT2D eigenvalue weighted by Crippen LogP contribution is 2.31. The number of ether oxygens (including phenoxy) is 1. The Kier molecular flexibility index (Phi) is 5.94. The van der Waals surface area contributed by atoms with Gasteiger partial charge in [0.25, 0.3) is 5.91 Å². The van der Waals surface area contributed by atoms with Crippen molar-refractivity contribution in [3.05, 3.63) is 70.7 Å². The number of hydrogen-bond acceptors (Lipinski definition) is 7. The van der Waals surface area contributed by atoms with Crippen molar-refractivity contribution in [3.63, 3.8) is 0 Å². The Morgan fingerprint density at radius 2 is 1.97 bits per heavy atom. The molecule has 0 unspecified atom stereocenters. The van der Waals surface area contributed by atoms with Crippen molar-refractivity contribution < 1.29 is 14.1 Å². The second-order valence-corrected chi connectivity index (χ2v) is 6.97. The van der Waals surface area contributed by atoms with Crippen LogP contribution in [0.5, 0.6) is 5.75 Å². The van der Waals surface area contributed by atoms with Gasteiger partial charge >= 0.3 is 0 Å². The molecule has 0 aliphatic rings. The quantitative estimate of drug-likeness (QED) is 0.469. The van der Waals surface area contributed by atoms with Crippen molar-refractivity contribution in [2.45, 2.75) is 20.4 Å². The van der Waals surface area contributed by atoms with Crippen LogP contribution in [0, 0.1) is 6.92 Å². The Bertz CT molecular complexity index is 1200. The second-order valence-electron chi connectivity index (χ2n) is 6.56. The average Bonchev–Trinajstić information content (AvgIpc) is 3.40. The predicted molar refractivity (Wildman–Crippen MR) is 113 cm³/mol. The number of hydrogen-bond donors (Lipinski definition) is 1. The van der Waals surface area contributed by atoms with Gasteiger partial charge in [-0.2, -0.15) is 4.68 Å². The molecule has 9 nitrogen and oxygen atoms in total. The molecule has 158 valence electrons. The number of amides is 1. The minimum atomic E-state index is -0.366. The fourth-order valence-corrected chi connectivity index (χ4v) is 3.32. The lowest BCUT2D eigenvalue weighted by molar-refractivity contribution is 0.0948. The van der Waals surface area contributed by atoms with E-state index in [2.05, 4.69) is 26.0 Å². The topological polar surface area (TPSA) is 108 Å². The van der Waals surface area contributed by atoms with Crippen LogP contribution in [0.25, 0.3) is 16.9 Å². The molecule has 0 radical (unpaired) electrons. The summed E-state index contributed by atoms with van der Waals surface area (Å²) in [5.41, 5.74) is 2.06. The van der Waals surface area contributed by atoms with Gasteiger partial charge in [-0.05, 0) is 54.6 Å². The van der Waals surface area contributed by atoms with Gasteiger partial charge in [0.15, 0.2) is 5.82 Å². The molecule has 0 atom stereocenters. The molecule has 0 aliphatic carbocycles. The van der Waals surface area contributed by atoms with Crippen LogP contribution in [-0.2, 0) is 6.54 Å². The number of benzene rings is 2. The zero-order valence-electron chi connectivity index (χ0n) is 16.9. The Labute approximate surface area is 183 Å². The van der Waals surface area contributed by atoms with Crippen molar-refractivity contribution in [1.82, 2.24) is 30.7 Å². The Morgan fingerprint density at radius 1 is 1.19 bits per heavy atom. The molecule has 4 aromatic rings. The van der Waals surface area contributed by atoms with Crippen LogP contribution in [0.1, 0.15) is 28.9 Å². The minimum absolute atomic E-state index is 0.103. The number of halogens is 1. The maximum atomic E-state index is 12.9. The number of carbonyl (C=O) groups excluding carboxylic acids is 1. The molecule has 0 spiro atoms. The number of tetrazole rings is 1. The van der Waals surface area contributed by atoms with E-state index in [4.69, 9.17) is 20.9 Å². The molecular formula is C21H19ClN6O3. The van der Waals surface area contributed by atoms with Crippen LogP contribution in [0.2, 0.25) is 5.02 Å². The molecule has 0 saturated heterocycles. The highest BCUT2D eigenvalue weighted by molar-refractivity contribution is 6.33. The number of carbonyl (C=O) groups is 1. The smallest absolute Gasteiger partial charge is 0.257 e. The minimum Gasteiger partial charge on any atom is -0.494 e. The van der Waals surface area contributed by atoms with Gasteiger partial charge in [-0.25, -0.2) is 0 Å². The Hall–Kier alpha value is -3.72. The van der Waals surface area contributed by atoms with E-state index in [0.717, 1.165) is 11.4 Å². The SMILES string of the molecule is CCOc1ccc(-n2nnnc2CNC(=O)c2c(-c3ccccc3Cl)noc2C)cc1. The standard InChI is InChI=1S/C21H19ClN6O3/c1-3-30-15-10-8-14(9-11-15)28-18(24-26-27-28)12-23-21(29)19-13(2)31-25-20(19)16-6-4-5-7-17(16)22/h4-11H,3,12H2,1-2H3,(H,23,29). The van der Waals surface area contributed by atoms with E-state index < -0.39 is 0 Å². The van der Waals surface area contributed by atoms with Gasteiger partial charge in [-0.15, -0.1) is 5.10 Å². The van der Waals surface area contributed by atoms with Gasteiger partial charge in [0, 0.05) is 5.56 Å². The molecule has 31 heavy (non-hydrogen) atoms. The van der Waals surface area contributed by atoms with Crippen molar-refractivity contribution in [3.8, 4) is 22.7 Å². The Morgan fingerprint density at radius 3 is 2.71 bits per heavy atom. The molecule has 0 fully saturated rings. The highest BCUT2D eigenvalue weighted by atomic mass is 35.5. The molecule has 1 amide bonds.